The van der Waals surface area contributed by atoms with Crippen LogP contribution in [-0.4, -0.2) is 60.1 Å². The first-order valence-electron chi connectivity index (χ1n) is 12.4. The first-order chi connectivity index (χ1) is 16.7. The molecule has 0 radical (unpaired) electrons. The van der Waals surface area contributed by atoms with Crippen molar-refractivity contribution >= 4 is 11.5 Å². The Labute approximate surface area is 210 Å². The molecule has 2 atom stereocenters. The molecule has 1 aliphatic heterocycles. The minimum absolute atomic E-state index is 0.0403. The molecule has 2 N–H and O–H groups in total. The minimum atomic E-state index is -0.978. The number of amidine groups is 1. The van der Waals surface area contributed by atoms with Gasteiger partial charge in [0.05, 0.1) is 24.0 Å². The van der Waals surface area contributed by atoms with Gasteiger partial charge < -0.3 is 15.2 Å². The van der Waals surface area contributed by atoms with Crippen molar-refractivity contribution in [1.82, 2.24) is 10.2 Å². The molecule has 0 amide bonds. The number of benzene rings is 2. The molecule has 0 aromatic heterocycles. The lowest BCUT2D eigenvalue weighted by molar-refractivity contribution is 0.0882. The van der Waals surface area contributed by atoms with E-state index in [1.54, 1.807) is 7.11 Å². The molecule has 1 aliphatic rings. The van der Waals surface area contributed by atoms with E-state index in [4.69, 9.17) is 9.73 Å². The minimum Gasteiger partial charge on any atom is -0.384 e. The van der Waals surface area contributed by atoms with Gasteiger partial charge in [-0.1, -0.05) is 68.5 Å². The Morgan fingerprint density at radius 1 is 1.20 bits per heavy atom. The van der Waals surface area contributed by atoms with Gasteiger partial charge in [0.2, 0.25) is 0 Å². The first kappa shape index (κ1) is 26.8. The maximum atomic E-state index is 10.8. The molecule has 0 saturated carbocycles. The van der Waals surface area contributed by atoms with Crippen molar-refractivity contribution in [1.29, 1.82) is 0 Å². The second-order valence-electron chi connectivity index (χ2n) is 9.67. The van der Waals surface area contributed by atoms with E-state index in [0.29, 0.717) is 6.61 Å². The Hall–Kier alpha value is -2.80. The normalized spacial score (nSPS) is 19.1. The summed E-state index contributed by atoms with van der Waals surface area (Å²) in [4.78, 5) is 11.9. The van der Waals surface area contributed by atoms with E-state index in [1.807, 2.05) is 40.0 Å². The summed E-state index contributed by atoms with van der Waals surface area (Å²) in [5.74, 6) is 0.801. The maximum absolute atomic E-state index is 10.8. The van der Waals surface area contributed by atoms with E-state index in [9.17, 15) is 5.11 Å². The largest absolute Gasteiger partial charge is 0.384 e. The van der Waals surface area contributed by atoms with Crippen molar-refractivity contribution in [3.63, 3.8) is 0 Å². The number of nitrogens with zero attached hydrogens (tertiary/aromatic N) is 3. The number of aliphatic hydroxyl groups is 1. The fourth-order valence-electron chi connectivity index (χ4n) is 4.67. The van der Waals surface area contributed by atoms with Crippen LogP contribution in [0.25, 0.3) is 11.1 Å². The van der Waals surface area contributed by atoms with Crippen LogP contribution >= 0.6 is 0 Å². The van der Waals surface area contributed by atoms with Crippen LogP contribution in [0.3, 0.4) is 0 Å². The van der Waals surface area contributed by atoms with Crippen molar-refractivity contribution in [3.8, 4) is 11.1 Å². The highest BCUT2D eigenvalue weighted by atomic mass is 16.5. The molecule has 3 rings (SSSR count). The summed E-state index contributed by atoms with van der Waals surface area (Å²) in [6.07, 6.45) is 2.01. The van der Waals surface area contributed by atoms with Gasteiger partial charge in [0.15, 0.2) is 0 Å². The molecule has 2 aromatic rings. The molecule has 2 unspecified atom stereocenters. The topological polar surface area (TPSA) is 69.5 Å². The summed E-state index contributed by atoms with van der Waals surface area (Å²) in [5, 5.41) is 14.0. The smallest absolute Gasteiger partial charge is 0.133 e. The van der Waals surface area contributed by atoms with Gasteiger partial charge in [-0.05, 0) is 43.9 Å². The Balaban J connectivity index is 1.89. The zero-order valence-corrected chi connectivity index (χ0v) is 22.0. The summed E-state index contributed by atoms with van der Waals surface area (Å²) < 4.78 is 5.54. The van der Waals surface area contributed by atoms with Gasteiger partial charge in [0, 0.05) is 32.0 Å². The number of methoxy groups -OCH3 is 1. The molecule has 0 aliphatic carbocycles. The Morgan fingerprint density at radius 2 is 1.89 bits per heavy atom. The molecular formula is C29H40N4O2. The maximum Gasteiger partial charge on any atom is 0.133 e. The predicted molar refractivity (Wildman–Crippen MR) is 146 cm³/mol. The fourth-order valence-corrected chi connectivity index (χ4v) is 4.67. The Morgan fingerprint density at radius 3 is 2.46 bits per heavy atom. The van der Waals surface area contributed by atoms with Gasteiger partial charge in [0.1, 0.15) is 12.0 Å². The Bertz CT molecular complexity index is 1070. The van der Waals surface area contributed by atoms with Crippen molar-refractivity contribution in [3.05, 3.63) is 71.9 Å². The highest BCUT2D eigenvalue weighted by molar-refractivity contribution is 6.04. The van der Waals surface area contributed by atoms with Gasteiger partial charge in [-0.2, -0.15) is 0 Å². The van der Waals surface area contributed by atoms with Gasteiger partial charge in [-0.25, -0.2) is 4.99 Å². The van der Waals surface area contributed by atoms with Gasteiger partial charge in [-0.15, -0.1) is 0 Å². The number of nitrogens with one attached hydrogen (secondary N) is 1. The first-order valence-corrected chi connectivity index (χ1v) is 12.4. The monoisotopic (exact) mass is 476 g/mol. The number of hydrogen-bond donors (Lipinski definition) is 2. The van der Waals surface area contributed by atoms with Crippen LogP contribution in [0.2, 0.25) is 0 Å². The third-order valence-corrected chi connectivity index (χ3v) is 6.24. The number of rotatable bonds is 10. The molecule has 6 nitrogen and oxygen atoms in total. The standard InChI is InChI=1S/C29H40N4O2/c1-8-11-26-32-27(29(4,5)34)25(19-35-7)33(26)18-21-14-16-22(17-15-21)23-12-9-10-13-24(23)28(30-6)31-20(2)3/h9-10,12-17,25-26,34H,2,8,11,18-19H2,1,3-7H3,(H,30,31). The van der Waals surface area contributed by atoms with E-state index >= 15 is 0 Å². The third kappa shape index (κ3) is 6.45. The van der Waals surface area contributed by atoms with E-state index in [0.717, 1.165) is 53.3 Å². The summed E-state index contributed by atoms with van der Waals surface area (Å²) in [6, 6.07) is 16.9. The molecule has 0 fully saturated rings. The molecule has 1 heterocycles. The van der Waals surface area contributed by atoms with Crippen LogP contribution in [0.4, 0.5) is 0 Å². The number of hydrogen-bond acceptors (Lipinski definition) is 5. The molecule has 0 bridgehead atoms. The summed E-state index contributed by atoms with van der Waals surface area (Å²) in [5.41, 5.74) is 5.06. The van der Waals surface area contributed by atoms with Crippen molar-refractivity contribution in [2.45, 2.75) is 64.9 Å². The lowest BCUT2D eigenvalue weighted by Gasteiger charge is -2.32. The SMILES string of the molecule is C=C(C)/N=C(\NC)c1ccccc1-c1ccc(CN2C(CCC)N=C(C(C)(C)O)C2COC)cc1. The molecule has 6 heteroatoms. The van der Waals surface area contributed by atoms with Crippen LogP contribution in [0.1, 0.15) is 51.7 Å². The molecule has 188 valence electrons. The van der Waals surface area contributed by atoms with Crippen LogP contribution in [0.5, 0.6) is 0 Å². The van der Waals surface area contributed by atoms with E-state index in [1.165, 1.54) is 5.56 Å². The van der Waals surface area contributed by atoms with Gasteiger partial charge in [0.25, 0.3) is 0 Å². The van der Waals surface area contributed by atoms with E-state index < -0.39 is 5.60 Å². The van der Waals surface area contributed by atoms with E-state index in [2.05, 4.69) is 65.1 Å². The highest BCUT2D eigenvalue weighted by Crippen LogP contribution is 2.30. The van der Waals surface area contributed by atoms with Crippen LogP contribution < -0.4 is 5.32 Å². The Kier molecular flexibility index (Phi) is 9.00. The summed E-state index contributed by atoms with van der Waals surface area (Å²) in [7, 11) is 3.58. The summed E-state index contributed by atoms with van der Waals surface area (Å²) in [6.45, 7) is 12.8. The van der Waals surface area contributed by atoms with Crippen molar-refractivity contribution in [2.75, 3.05) is 20.8 Å². The molecular weight excluding hydrogens is 436 g/mol. The third-order valence-electron chi connectivity index (χ3n) is 6.24. The lowest BCUT2D eigenvalue weighted by atomic mass is 9.95. The number of ether oxygens (including phenoxy) is 1. The van der Waals surface area contributed by atoms with Crippen molar-refractivity contribution in [2.24, 2.45) is 9.98 Å². The summed E-state index contributed by atoms with van der Waals surface area (Å²) >= 11 is 0. The van der Waals surface area contributed by atoms with E-state index in [-0.39, 0.29) is 12.2 Å². The quantitative estimate of drug-likeness (QED) is 0.373. The number of aliphatic imine (C=N–C) groups is 2. The predicted octanol–water partition coefficient (Wildman–Crippen LogP) is 5.02. The fraction of sp³-hybridized carbons (Fsp3) is 0.448. The molecule has 2 aromatic carbocycles. The zero-order valence-electron chi connectivity index (χ0n) is 22.0. The number of allylic oxidation sites excluding steroid dienone is 1. The average molecular weight is 477 g/mol. The van der Waals surface area contributed by atoms with Crippen LogP contribution in [0, 0.1) is 0 Å². The lowest BCUT2D eigenvalue weighted by Crippen LogP contribution is -2.48. The average Bonchev–Trinajstić information content (AvgIpc) is 3.16. The highest BCUT2D eigenvalue weighted by Gasteiger charge is 2.41. The second-order valence-corrected chi connectivity index (χ2v) is 9.67. The van der Waals surface area contributed by atoms with Gasteiger partial charge >= 0.3 is 0 Å². The molecule has 0 saturated heterocycles. The molecule has 35 heavy (non-hydrogen) atoms. The second kappa shape index (κ2) is 11.8. The molecule has 0 spiro atoms. The van der Waals surface area contributed by atoms with Gasteiger partial charge in [-0.3, -0.25) is 9.89 Å². The van der Waals surface area contributed by atoms with Crippen LogP contribution in [-0.2, 0) is 11.3 Å². The zero-order chi connectivity index (χ0) is 25.6. The van der Waals surface area contributed by atoms with Crippen LogP contribution in [0.15, 0.2) is 70.8 Å². The van der Waals surface area contributed by atoms with Crippen molar-refractivity contribution < 1.29 is 9.84 Å².